The number of carbonyl (C=O) groups excluding carboxylic acids is 1. The molecule has 16 heavy (non-hydrogen) atoms. The van der Waals surface area contributed by atoms with Crippen molar-refractivity contribution >= 4 is 39.1 Å². The minimum absolute atomic E-state index is 0.0566. The van der Waals surface area contributed by atoms with Crippen molar-refractivity contribution in [3.8, 4) is 0 Å². The van der Waals surface area contributed by atoms with Crippen molar-refractivity contribution in [2.45, 2.75) is 6.18 Å². The Labute approximate surface area is 103 Å². The average molecular weight is 317 g/mol. The summed E-state index contributed by atoms with van der Waals surface area (Å²) < 4.78 is 37.4. The number of hydrogen-bond donors (Lipinski definition) is 1. The van der Waals surface area contributed by atoms with Crippen LogP contribution in [0.1, 0.15) is 5.56 Å². The first-order chi connectivity index (χ1) is 7.34. The van der Waals surface area contributed by atoms with Crippen molar-refractivity contribution < 1.29 is 18.0 Å². The van der Waals surface area contributed by atoms with Crippen molar-refractivity contribution in [2.24, 2.45) is 0 Å². The molecule has 0 unspecified atom stereocenters. The number of halogens is 5. The summed E-state index contributed by atoms with van der Waals surface area (Å²) in [5, 5.41) is 2.24. The Kier molecular flexibility index (Phi) is 4.21. The van der Waals surface area contributed by atoms with Gasteiger partial charge in [-0.2, -0.15) is 13.2 Å². The van der Waals surface area contributed by atoms with Gasteiger partial charge >= 0.3 is 6.18 Å². The lowest BCUT2D eigenvalue weighted by Gasteiger charge is -2.11. The minimum Gasteiger partial charge on any atom is -0.325 e. The SMILES string of the molecule is O=C(CCl)Nc1ccc(Br)c(C(F)(F)F)c1. The van der Waals surface area contributed by atoms with Crippen LogP contribution in [0.3, 0.4) is 0 Å². The van der Waals surface area contributed by atoms with Crippen LogP contribution < -0.4 is 5.32 Å². The maximum atomic E-state index is 12.5. The van der Waals surface area contributed by atoms with Crippen molar-refractivity contribution in [3.63, 3.8) is 0 Å². The normalized spacial score (nSPS) is 11.3. The third-order valence-electron chi connectivity index (χ3n) is 1.68. The zero-order valence-corrected chi connectivity index (χ0v) is 10.1. The van der Waals surface area contributed by atoms with E-state index in [1.807, 2.05) is 0 Å². The Morgan fingerprint density at radius 1 is 1.44 bits per heavy atom. The number of anilines is 1. The molecule has 0 radical (unpaired) electrons. The molecular weight excluding hydrogens is 310 g/mol. The van der Waals surface area contributed by atoms with E-state index in [1.165, 1.54) is 12.1 Å². The molecule has 0 aliphatic rings. The lowest BCUT2D eigenvalue weighted by atomic mass is 10.2. The molecule has 0 aliphatic heterocycles. The summed E-state index contributed by atoms with van der Waals surface area (Å²) in [7, 11) is 0. The fourth-order valence-electron chi connectivity index (χ4n) is 1.01. The largest absolute Gasteiger partial charge is 0.417 e. The summed E-state index contributed by atoms with van der Waals surface area (Å²) in [5.74, 6) is -0.866. The van der Waals surface area contributed by atoms with E-state index in [9.17, 15) is 18.0 Å². The Hall–Kier alpha value is -0.750. The monoisotopic (exact) mass is 315 g/mol. The van der Waals surface area contributed by atoms with Crippen LogP contribution in [0.25, 0.3) is 0 Å². The number of benzene rings is 1. The van der Waals surface area contributed by atoms with Crippen LogP contribution in [0.15, 0.2) is 22.7 Å². The second-order valence-corrected chi connectivity index (χ2v) is 4.00. The van der Waals surface area contributed by atoms with E-state index in [0.29, 0.717) is 0 Å². The summed E-state index contributed by atoms with van der Waals surface area (Å²) >= 11 is 8.01. The van der Waals surface area contributed by atoms with Gasteiger partial charge in [0.2, 0.25) is 5.91 Å². The smallest absolute Gasteiger partial charge is 0.325 e. The molecule has 0 bridgehead atoms. The van der Waals surface area contributed by atoms with E-state index in [2.05, 4.69) is 21.2 Å². The molecular formula is C9H6BrClF3NO. The van der Waals surface area contributed by atoms with E-state index in [0.717, 1.165) is 6.07 Å². The first kappa shape index (κ1) is 13.3. The van der Waals surface area contributed by atoms with Crippen molar-refractivity contribution in [1.82, 2.24) is 0 Å². The van der Waals surface area contributed by atoms with Gasteiger partial charge in [-0.25, -0.2) is 0 Å². The number of rotatable bonds is 2. The fourth-order valence-corrected chi connectivity index (χ4v) is 1.55. The fraction of sp³-hybridized carbons (Fsp3) is 0.222. The summed E-state index contributed by atoms with van der Waals surface area (Å²) in [6, 6.07) is 3.41. The van der Waals surface area contributed by atoms with Gasteiger partial charge in [0.1, 0.15) is 5.88 Å². The highest BCUT2D eigenvalue weighted by atomic mass is 79.9. The maximum absolute atomic E-state index is 12.5. The third kappa shape index (κ3) is 3.38. The van der Waals surface area contributed by atoms with Crippen molar-refractivity contribution in [1.29, 1.82) is 0 Å². The van der Waals surface area contributed by atoms with Crippen LogP contribution >= 0.6 is 27.5 Å². The standard InChI is InChI=1S/C9H6BrClF3NO/c10-7-2-1-5(15-8(16)4-11)3-6(7)9(12,13)14/h1-3H,4H2,(H,15,16). The highest BCUT2D eigenvalue weighted by molar-refractivity contribution is 9.10. The Morgan fingerprint density at radius 2 is 2.06 bits per heavy atom. The number of nitrogens with one attached hydrogen (secondary N) is 1. The second kappa shape index (κ2) is 5.05. The first-order valence-corrected chi connectivity index (χ1v) is 5.40. The quantitative estimate of drug-likeness (QED) is 0.829. The molecule has 1 aromatic rings. The van der Waals surface area contributed by atoms with Gasteiger partial charge in [0.15, 0.2) is 0 Å². The molecule has 1 amide bonds. The molecule has 0 fully saturated rings. The molecule has 0 heterocycles. The Bertz CT molecular complexity index is 408. The van der Waals surface area contributed by atoms with Crippen molar-refractivity contribution in [3.05, 3.63) is 28.2 Å². The first-order valence-electron chi connectivity index (χ1n) is 4.07. The Morgan fingerprint density at radius 3 is 2.56 bits per heavy atom. The number of amides is 1. The van der Waals surface area contributed by atoms with Crippen LogP contribution in [0, 0.1) is 0 Å². The lowest BCUT2D eigenvalue weighted by Crippen LogP contribution is -2.14. The van der Waals surface area contributed by atoms with Gasteiger partial charge in [-0.1, -0.05) is 15.9 Å². The number of carbonyl (C=O) groups is 1. The van der Waals surface area contributed by atoms with Crippen LogP contribution in [-0.4, -0.2) is 11.8 Å². The van der Waals surface area contributed by atoms with Gasteiger partial charge in [0.05, 0.1) is 5.56 Å². The third-order valence-corrected chi connectivity index (χ3v) is 2.61. The topological polar surface area (TPSA) is 29.1 Å². The zero-order valence-electron chi connectivity index (χ0n) is 7.74. The molecule has 0 saturated heterocycles. The highest BCUT2D eigenvalue weighted by Crippen LogP contribution is 2.36. The predicted octanol–water partition coefficient (Wildman–Crippen LogP) is 3.65. The molecule has 0 atom stereocenters. The number of hydrogen-bond acceptors (Lipinski definition) is 1. The molecule has 1 rings (SSSR count). The molecule has 88 valence electrons. The lowest BCUT2D eigenvalue weighted by molar-refractivity contribution is -0.138. The molecule has 7 heteroatoms. The molecule has 0 saturated carbocycles. The van der Waals surface area contributed by atoms with Crippen LogP contribution in [0.2, 0.25) is 0 Å². The van der Waals surface area contributed by atoms with Gasteiger partial charge in [-0.05, 0) is 18.2 Å². The van der Waals surface area contributed by atoms with E-state index in [4.69, 9.17) is 11.6 Å². The van der Waals surface area contributed by atoms with E-state index in [-0.39, 0.29) is 16.0 Å². The summed E-state index contributed by atoms with van der Waals surface area (Å²) in [6.45, 7) is 0. The second-order valence-electron chi connectivity index (χ2n) is 2.87. The maximum Gasteiger partial charge on any atom is 0.417 e. The van der Waals surface area contributed by atoms with Crippen LogP contribution in [0.5, 0.6) is 0 Å². The molecule has 0 aromatic heterocycles. The highest BCUT2D eigenvalue weighted by Gasteiger charge is 2.33. The van der Waals surface area contributed by atoms with E-state index < -0.39 is 17.6 Å². The minimum atomic E-state index is -4.47. The van der Waals surface area contributed by atoms with Gasteiger partial charge < -0.3 is 5.32 Å². The van der Waals surface area contributed by atoms with Gasteiger partial charge in [-0.15, -0.1) is 11.6 Å². The van der Waals surface area contributed by atoms with Crippen LogP contribution in [-0.2, 0) is 11.0 Å². The summed E-state index contributed by atoms with van der Waals surface area (Å²) in [4.78, 5) is 10.9. The molecule has 1 N–H and O–H groups in total. The Balaban J connectivity index is 3.03. The van der Waals surface area contributed by atoms with Crippen LogP contribution in [0.4, 0.5) is 18.9 Å². The average Bonchev–Trinajstić information content (AvgIpc) is 2.19. The van der Waals surface area contributed by atoms with Gasteiger partial charge in [0.25, 0.3) is 0 Å². The molecule has 0 spiro atoms. The zero-order chi connectivity index (χ0) is 12.3. The van der Waals surface area contributed by atoms with E-state index >= 15 is 0 Å². The van der Waals surface area contributed by atoms with E-state index in [1.54, 1.807) is 0 Å². The van der Waals surface area contributed by atoms with Gasteiger partial charge in [-0.3, -0.25) is 4.79 Å². The van der Waals surface area contributed by atoms with Gasteiger partial charge in [0, 0.05) is 10.2 Å². The molecule has 2 nitrogen and oxygen atoms in total. The summed E-state index contributed by atoms with van der Waals surface area (Å²) in [6.07, 6.45) is -4.47. The summed E-state index contributed by atoms with van der Waals surface area (Å²) in [5.41, 5.74) is -0.791. The van der Waals surface area contributed by atoms with Crippen molar-refractivity contribution in [2.75, 3.05) is 11.2 Å². The molecule has 0 aliphatic carbocycles. The number of alkyl halides is 4. The predicted molar refractivity (Wildman–Crippen MR) is 58.5 cm³/mol. The molecule has 1 aromatic carbocycles.